The molecule has 50 valence electrons. The second-order valence-corrected chi connectivity index (χ2v) is 1.40. The van der Waals surface area contributed by atoms with E-state index in [0.29, 0.717) is 0 Å². The van der Waals surface area contributed by atoms with Gasteiger partial charge in [-0.25, -0.2) is 4.98 Å². The monoisotopic (exact) mass is 134 g/mol. The number of H-pyrrole nitrogens is 1. The van der Waals surface area contributed by atoms with E-state index in [0.717, 1.165) is 5.82 Å². The molecule has 0 fully saturated rings. The predicted molar refractivity (Wildman–Crippen MR) is 34.6 cm³/mol. The van der Waals surface area contributed by atoms with Gasteiger partial charge in [0.2, 0.25) is 0 Å². The largest absolute Gasteiger partial charge is 0.349 e. The first-order valence-electron chi connectivity index (χ1n) is 2.55. The van der Waals surface area contributed by atoms with Crippen LogP contribution >= 0.6 is 0 Å². The molecular formula is C6H6N4. The molecule has 0 atom stereocenters. The minimum atomic E-state index is 0.968. The van der Waals surface area contributed by atoms with Gasteiger partial charge in [0, 0.05) is 12.4 Å². The van der Waals surface area contributed by atoms with Crippen LogP contribution in [0.5, 0.6) is 0 Å². The van der Waals surface area contributed by atoms with Crippen LogP contribution in [-0.2, 0) is 0 Å². The molecule has 0 unspecified atom stereocenters. The zero-order valence-electron chi connectivity index (χ0n) is 5.50. The Morgan fingerprint density at radius 2 is 2.10 bits per heavy atom. The molecule has 4 heteroatoms. The zero-order chi connectivity index (χ0) is 7.82. The van der Waals surface area contributed by atoms with Gasteiger partial charge in [-0.2, -0.15) is 10.5 Å². The fourth-order valence-corrected chi connectivity index (χ4v) is 0.344. The Kier molecular flexibility index (Phi) is 4.36. The first-order chi connectivity index (χ1) is 4.81. The highest BCUT2D eigenvalue weighted by Gasteiger charge is 1.73. The van der Waals surface area contributed by atoms with Crippen LogP contribution in [0.3, 0.4) is 0 Å². The Bertz CT molecular complexity index is 224. The van der Waals surface area contributed by atoms with Crippen molar-refractivity contribution in [2.24, 2.45) is 0 Å². The van der Waals surface area contributed by atoms with Crippen molar-refractivity contribution >= 4 is 0 Å². The molecule has 0 spiro atoms. The van der Waals surface area contributed by atoms with Gasteiger partial charge in [0.05, 0.1) is 0 Å². The first-order valence-corrected chi connectivity index (χ1v) is 2.55. The molecule has 0 aliphatic carbocycles. The molecule has 1 N–H and O–H groups in total. The lowest BCUT2D eigenvalue weighted by atomic mass is 10.8. The van der Waals surface area contributed by atoms with Crippen molar-refractivity contribution in [1.82, 2.24) is 9.97 Å². The topological polar surface area (TPSA) is 76.3 Å². The molecule has 0 saturated heterocycles. The van der Waals surface area contributed by atoms with Crippen molar-refractivity contribution < 1.29 is 0 Å². The van der Waals surface area contributed by atoms with Crippen LogP contribution < -0.4 is 0 Å². The van der Waals surface area contributed by atoms with Crippen LogP contribution in [0.15, 0.2) is 12.4 Å². The number of nitrogens with one attached hydrogen (secondary N) is 1. The van der Waals surface area contributed by atoms with Crippen LogP contribution in [0.25, 0.3) is 0 Å². The molecule has 10 heavy (non-hydrogen) atoms. The normalized spacial score (nSPS) is 6.30. The minimum Gasteiger partial charge on any atom is -0.349 e. The van der Waals surface area contributed by atoms with Gasteiger partial charge in [-0.1, -0.05) is 0 Å². The van der Waals surface area contributed by atoms with Crippen LogP contribution in [0.2, 0.25) is 0 Å². The molecule has 1 heterocycles. The molecule has 0 amide bonds. The van der Waals surface area contributed by atoms with E-state index < -0.39 is 0 Å². The SMILES string of the molecule is Cc1ncc[nH]1.N#CC#N. The van der Waals surface area contributed by atoms with Crippen LogP contribution in [0.1, 0.15) is 5.82 Å². The number of hydrogen-bond donors (Lipinski definition) is 1. The minimum absolute atomic E-state index is 0.968. The Morgan fingerprint density at radius 3 is 2.20 bits per heavy atom. The summed E-state index contributed by atoms with van der Waals surface area (Å²) < 4.78 is 0. The Hall–Kier alpha value is -1.81. The van der Waals surface area contributed by atoms with Gasteiger partial charge in [-0.3, -0.25) is 0 Å². The number of aryl methyl sites for hydroxylation is 1. The maximum absolute atomic E-state index is 7.26. The summed E-state index contributed by atoms with van der Waals surface area (Å²) in [6.07, 6.45) is 3.53. The average Bonchev–Trinajstić information content (AvgIpc) is 2.40. The summed E-state index contributed by atoms with van der Waals surface area (Å²) in [7, 11) is 0. The summed E-state index contributed by atoms with van der Waals surface area (Å²) >= 11 is 0. The van der Waals surface area contributed by atoms with Gasteiger partial charge in [-0.15, -0.1) is 0 Å². The van der Waals surface area contributed by atoms with Crippen molar-refractivity contribution in [3.05, 3.63) is 18.2 Å². The van der Waals surface area contributed by atoms with Gasteiger partial charge in [0.1, 0.15) is 5.82 Å². The molecule has 1 aromatic heterocycles. The summed E-state index contributed by atoms with van der Waals surface area (Å²) in [5, 5.41) is 14.5. The van der Waals surface area contributed by atoms with E-state index in [1.807, 2.05) is 6.92 Å². The number of hydrogen-bond acceptors (Lipinski definition) is 3. The van der Waals surface area contributed by atoms with Gasteiger partial charge in [0.25, 0.3) is 0 Å². The van der Waals surface area contributed by atoms with Crippen molar-refractivity contribution in [3.8, 4) is 12.1 Å². The highest BCUT2D eigenvalue weighted by atomic mass is 14.9. The Morgan fingerprint density at radius 1 is 1.50 bits per heavy atom. The highest BCUT2D eigenvalue weighted by Crippen LogP contribution is 1.78. The molecule has 0 saturated carbocycles. The molecule has 4 nitrogen and oxygen atoms in total. The molecule has 1 rings (SSSR count). The lowest BCUT2D eigenvalue weighted by Gasteiger charge is -1.68. The van der Waals surface area contributed by atoms with Gasteiger partial charge >= 0.3 is 0 Å². The van der Waals surface area contributed by atoms with E-state index in [9.17, 15) is 0 Å². The van der Waals surface area contributed by atoms with Crippen molar-refractivity contribution in [1.29, 1.82) is 10.5 Å². The van der Waals surface area contributed by atoms with E-state index >= 15 is 0 Å². The van der Waals surface area contributed by atoms with Crippen molar-refractivity contribution in [2.45, 2.75) is 6.92 Å². The van der Waals surface area contributed by atoms with Gasteiger partial charge in [-0.05, 0) is 6.92 Å². The molecule has 0 aliphatic heterocycles. The molecule has 1 aromatic rings. The zero-order valence-corrected chi connectivity index (χ0v) is 5.50. The van der Waals surface area contributed by atoms with Crippen LogP contribution in [-0.4, -0.2) is 9.97 Å². The molecule has 0 aromatic carbocycles. The molecular weight excluding hydrogens is 128 g/mol. The first kappa shape index (κ1) is 8.19. The third kappa shape index (κ3) is 4.35. The number of nitrogens with zero attached hydrogens (tertiary/aromatic N) is 3. The van der Waals surface area contributed by atoms with E-state index in [-0.39, 0.29) is 0 Å². The number of nitriles is 2. The molecule has 0 aliphatic rings. The summed E-state index contributed by atoms with van der Waals surface area (Å²) in [5.41, 5.74) is 0. The van der Waals surface area contributed by atoms with Crippen molar-refractivity contribution in [2.75, 3.05) is 0 Å². The second kappa shape index (κ2) is 5.33. The molecule has 0 radical (unpaired) electrons. The van der Waals surface area contributed by atoms with E-state index in [2.05, 4.69) is 9.97 Å². The maximum Gasteiger partial charge on any atom is 0.181 e. The van der Waals surface area contributed by atoms with Crippen molar-refractivity contribution in [3.63, 3.8) is 0 Å². The maximum atomic E-state index is 7.26. The van der Waals surface area contributed by atoms with Crippen LogP contribution in [0, 0.1) is 29.6 Å². The molecule has 0 bridgehead atoms. The fraction of sp³-hybridized carbons (Fsp3) is 0.167. The quantitative estimate of drug-likeness (QED) is 0.568. The van der Waals surface area contributed by atoms with E-state index in [1.54, 1.807) is 12.4 Å². The lowest BCUT2D eigenvalue weighted by molar-refractivity contribution is 1.15. The standard InChI is InChI=1S/C4H6N2.C2N2/c1-4-5-2-3-6-4;3-1-2-4/h2-3H,1H3,(H,5,6);. The number of rotatable bonds is 0. The Labute approximate surface area is 58.7 Å². The van der Waals surface area contributed by atoms with Gasteiger partial charge < -0.3 is 4.98 Å². The summed E-state index contributed by atoms with van der Waals surface area (Å²) in [6, 6.07) is 2.47. The third-order valence-electron chi connectivity index (χ3n) is 0.685. The second-order valence-electron chi connectivity index (χ2n) is 1.40. The smallest absolute Gasteiger partial charge is 0.181 e. The summed E-state index contributed by atoms with van der Waals surface area (Å²) in [5.74, 6) is 0.968. The lowest BCUT2D eigenvalue weighted by Crippen LogP contribution is -1.66. The number of aromatic nitrogens is 2. The van der Waals surface area contributed by atoms with Gasteiger partial charge in [0.15, 0.2) is 12.1 Å². The average molecular weight is 134 g/mol. The third-order valence-corrected chi connectivity index (χ3v) is 0.685. The Balaban J connectivity index is 0.000000180. The summed E-state index contributed by atoms with van der Waals surface area (Å²) in [6.45, 7) is 1.92. The predicted octanol–water partition coefficient (Wildman–Crippen LogP) is 0.752. The highest BCUT2D eigenvalue weighted by molar-refractivity contribution is 4.99. The number of aromatic amines is 1. The van der Waals surface area contributed by atoms with E-state index in [1.165, 1.54) is 12.1 Å². The summed E-state index contributed by atoms with van der Waals surface area (Å²) in [4.78, 5) is 6.75. The van der Waals surface area contributed by atoms with Crippen LogP contribution in [0.4, 0.5) is 0 Å². The fourth-order valence-electron chi connectivity index (χ4n) is 0.344. The number of imidazole rings is 1. The van der Waals surface area contributed by atoms with E-state index in [4.69, 9.17) is 10.5 Å².